The molecule has 5 nitrogen and oxygen atoms in total. The summed E-state index contributed by atoms with van der Waals surface area (Å²) in [5.74, 6) is 0. The van der Waals surface area contributed by atoms with Gasteiger partial charge in [0.2, 0.25) is 0 Å². The summed E-state index contributed by atoms with van der Waals surface area (Å²) in [5.41, 5.74) is 0. The first kappa shape index (κ1) is 35.2. The van der Waals surface area contributed by atoms with E-state index in [1.807, 2.05) is 0 Å². The van der Waals surface area contributed by atoms with Crippen LogP contribution in [0.4, 0.5) is 0 Å². The van der Waals surface area contributed by atoms with Gasteiger partial charge in [-0.1, -0.05) is 64.7 Å². The number of hydrogen-bond acceptors (Lipinski definition) is 2. The van der Waals surface area contributed by atoms with E-state index in [0.717, 1.165) is 19.3 Å². The van der Waals surface area contributed by atoms with Gasteiger partial charge in [0.05, 0.1) is 6.61 Å². The van der Waals surface area contributed by atoms with Gasteiger partial charge in [-0.15, -0.1) is 0 Å². The maximum Gasteiger partial charge on any atom is 1.00 e. The average Bonchev–Trinajstić information content (AvgIpc) is 2.24. The Morgan fingerprint density at radius 2 is 1.14 bits per heavy atom. The number of rotatable bonds is 12. The predicted octanol–water partition coefficient (Wildman–Crippen LogP) is -5.46. The maximum atomic E-state index is 10.4. The van der Waals surface area contributed by atoms with E-state index in [9.17, 15) is 4.57 Å². The molecule has 0 aromatic rings. The Morgan fingerprint density at radius 3 is 1.48 bits per heavy atom. The molecule has 0 rings (SSSR count). The third-order valence-electron chi connectivity index (χ3n) is 2.76. The van der Waals surface area contributed by atoms with Gasteiger partial charge in [0.25, 0.3) is 0 Å². The van der Waals surface area contributed by atoms with E-state index < -0.39 is 7.82 Å². The van der Waals surface area contributed by atoms with Crippen LogP contribution >= 0.6 is 7.82 Å². The smallest absolute Gasteiger partial charge is 1.00 e. The first-order valence-corrected chi connectivity index (χ1v) is 8.29. The average molecular weight is 356 g/mol. The molecule has 0 atom stereocenters. The van der Waals surface area contributed by atoms with Crippen molar-refractivity contribution in [3.63, 3.8) is 0 Å². The van der Waals surface area contributed by atoms with Crippen LogP contribution in [0.25, 0.3) is 0 Å². The molecular formula is C12H32Na3O5P. The summed E-state index contributed by atoms with van der Waals surface area (Å²) in [5, 5.41) is 0. The SMILES string of the molecule is CCCCCCCCCCCCOP(=O)(O)O.O.[H-].[H-].[H-].[Na+].[Na+].[Na+]. The Kier molecular flexibility index (Phi) is 42.5. The molecule has 0 bridgehead atoms. The summed E-state index contributed by atoms with van der Waals surface area (Å²) in [6, 6.07) is 0. The molecule has 4 N–H and O–H groups in total. The molecule has 118 valence electrons. The zero-order valence-electron chi connectivity index (χ0n) is 17.4. The van der Waals surface area contributed by atoms with Gasteiger partial charge >= 0.3 is 96.5 Å². The van der Waals surface area contributed by atoms with Crippen LogP contribution in [0.1, 0.15) is 75.4 Å². The molecule has 0 unspecified atom stereocenters. The molecule has 0 saturated carbocycles. The van der Waals surface area contributed by atoms with Crippen molar-refractivity contribution < 1.29 is 117 Å². The summed E-state index contributed by atoms with van der Waals surface area (Å²) in [6.07, 6.45) is 12.0. The third kappa shape index (κ3) is 35.1. The minimum Gasteiger partial charge on any atom is -1.00 e. The Hall–Kier alpha value is 3.07. The second-order valence-corrected chi connectivity index (χ2v) is 5.75. The van der Waals surface area contributed by atoms with E-state index in [1.54, 1.807) is 0 Å². The summed E-state index contributed by atoms with van der Waals surface area (Å²) < 4.78 is 14.7. The van der Waals surface area contributed by atoms with Gasteiger partial charge in [-0.25, -0.2) is 4.57 Å². The van der Waals surface area contributed by atoms with Crippen LogP contribution in [0.3, 0.4) is 0 Å². The minimum absolute atomic E-state index is 0. The topological polar surface area (TPSA) is 98.3 Å². The van der Waals surface area contributed by atoms with Crippen LogP contribution in [0.2, 0.25) is 0 Å². The van der Waals surface area contributed by atoms with E-state index in [4.69, 9.17) is 9.79 Å². The molecule has 0 aromatic heterocycles. The minimum atomic E-state index is -4.24. The van der Waals surface area contributed by atoms with Crippen molar-refractivity contribution in [3.05, 3.63) is 0 Å². The molecular weight excluding hydrogens is 324 g/mol. The predicted molar refractivity (Wildman–Crippen MR) is 76.8 cm³/mol. The maximum absolute atomic E-state index is 10.4. The second-order valence-electron chi connectivity index (χ2n) is 4.51. The van der Waals surface area contributed by atoms with E-state index in [2.05, 4.69) is 11.4 Å². The van der Waals surface area contributed by atoms with Crippen LogP contribution in [0.5, 0.6) is 0 Å². The van der Waals surface area contributed by atoms with Crippen LogP contribution in [0, 0.1) is 0 Å². The molecule has 9 heteroatoms. The molecule has 21 heavy (non-hydrogen) atoms. The van der Waals surface area contributed by atoms with Crippen molar-refractivity contribution in [1.82, 2.24) is 0 Å². The summed E-state index contributed by atoms with van der Waals surface area (Å²) in [4.78, 5) is 16.9. The zero-order valence-corrected chi connectivity index (χ0v) is 21.3. The van der Waals surface area contributed by atoms with Gasteiger partial charge in [0.1, 0.15) is 0 Å². The Balaban J connectivity index is -0.0000000610. The van der Waals surface area contributed by atoms with Gasteiger partial charge in [-0.2, -0.15) is 0 Å². The van der Waals surface area contributed by atoms with Gasteiger partial charge in [-0.3, -0.25) is 4.52 Å². The molecule has 0 aromatic carbocycles. The van der Waals surface area contributed by atoms with Crippen LogP contribution < -0.4 is 88.7 Å². The molecule has 0 aliphatic rings. The summed E-state index contributed by atoms with van der Waals surface area (Å²) >= 11 is 0. The fourth-order valence-electron chi connectivity index (χ4n) is 1.77. The fourth-order valence-corrected chi connectivity index (χ4v) is 2.14. The Labute approximate surface area is 200 Å². The Morgan fingerprint density at radius 1 is 0.810 bits per heavy atom. The zero-order chi connectivity index (χ0) is 13.0. The second kappa shape index (κ2) is 25.3. The molecule has 0 amide bonds. The van der Waals surface area contributed by atoms with Gasteiger partial charge in [0, 0.05) is 0 Å². The van der Waals surface area contributed by atoms with Crippen molar-refractivity contribution in [2.75, 3.05) is 6.61 Å². The molecule has 0 spiro atoms. The standard InChI is InChI=1S/C12H27O4P.3Na.H2O.3H/c1-2-3-4-5-6-7-8-9-10-11-12-16-17(13,14)15;;;;;;;/h2-12H2,1H3,(H2,13,14,15);;;;1H2;;;/q;3*+1;;3*-1. The van der Waals surface area contributed by atoms with Crippen molar-refractivity contribution >= 4 is 7.82 Å². The first-order chi connectivity index (χ1) is 8.06. The van der Waals surface area contributed by atoms with Crippen molar-refractivity contribution in [3.8, 4) is 0 Å². The van der Waals surface area contributed by atoms with E-state index >= 15 is 0 Å². The summed E-state index contributed by atoms with van der Waals surface area (Å²) in [7, 11) is -4.24. The molecule has 0 saturated heterocycles. The quantitative estimate of drug-likeness (QED) is 0.207. The summed E-state index contributed by atoms with van der Waals surface area (Å²) in [6.45, 7) is 2.39. The van der Waals surface area contributed by atoms with Gasteiger partial charge < -0.3 is 19.5 Å². The van der Waals surface area contributed by atoms with E-state index in [0.29, 0.717) is 0 Å². The monoisotopic (exact) mass is 356 g/mol. The molecule has 0 aliphatic heterocycles. The molecule has 0 fully saturated rings. The molecule has 0 aliphatic carbocycles. The fraction of sp³-hybridized carbons (Fsp3) is 1.00. The van der Waals surface area contributed by atoms with Crippen LogP contribution in [-0.4, -0.2) is 21.9 Å². The van der Waals surface area contributed by atoms with E-state index in [-0.39, 0.29) is 105 Å². The normalized spacial score (nSPS) is 9.67. The van der Waals surface area contributed by atoms with Crippen LogP contribution in [0.15, 0.2) is 0 Å². The van der Waals surface area contributed by atoms with Gasteiger partial charge in [0.15, 0.2) is 0 Å². The largest absolute Gasteiger partial charge is 1.00 e. The molecule has 0 heterocycles. The van der Waals surface area contributed by atoms with Gasteiger partial charge in [-0.05, 0) is 6.42 Å². The van der Waals surface area contributed by atoms with Crippen LogP contribution in [-0.2, 0) is 9.09 Å². The number of unbranched alkanes of at least 4 members (excludes halogenated alkanes) is 9. The number of phosphoric acid groups is 1. The van der Waals surface area contributed by atoms with Crippen molar-refractivity contribution in [2.24, 2.45) is 0 Å². The molecule has 0 radical (unpaired) electrons. The number of hydrogen-bond donors (Lipinski definition) is 2. The first-order valence-electron chi connectivity index (χ1n) is 6.76. The number of phosphoric ester groups is 1. The van der Waals surface area contributed by atoms with Crippen molar-refractivity contribution in [1.29, 1.82) is 0 Å². The third-order valence-corrected chi connectivity index (χ3v) is 3.28. The van der Waals surface area contributed by atoms with Crippen molar-refractivity contribution in [2.45, 2.75) is 71.1 Å². The Bertz CT molecular complexity index is 230. The van der Waals surface area contributed by atoms with E-state index in [1.165, 1.54) is 44.9 Å².